The normalized spacial score (nSPS) is 19.8. The average Bonchev–Trinajstić information content (AvgIpc) is 2.62. The van der Waals surface area contributed by atoms with Gasteiger partial charge in [-0.3, -0.25) is 0 Å². The number of ether oxygens (including phenoxy) is 1. The van der Waals surface area contributed by atoms with Gasteiger partial charge in [-0.25, -0.2) is 13.1 Å². The van der Waals surface area contributed by atoms with E-state index in [1.54, 1.807) is 32.2 Å². The van der Waals surface area contributed by atoms with Crippen LogP contribution >= 0.6 is 11.6 Å². The van der Waals surface area contributed by atoms with E-state index in [1.165, 1.54) is 6.07 Å². The van der Waals surface area contributed by atoms with Crippen molar-refractivity contribution in [1.82, 2.24) is 4.72 Å². The lowest BCUT2D eigenvalue weighted by molar-refractivity contribution is 0.0242. The van der Waals surface area contributed by atoms with Crippen LogP contribution in [0.2, 0.25) is 5.02 Å². The van der Waals surface area contributed by atoms with Crippen LogP contribution in [0.4, 0.5) is 0 Å². The monoisotopic (exact) mass is 395 g/mol. The minimum Gasteiger partial charge on any atom is -0.497 e. The van der Waals surface area contributed by atoms with Crippen LogP contribution in [0.1, 0.15) is 29.5 Å². The van der Waals surface area contributed by atoms with Crippen molar-refractivity contribution in [2.24, 2.45) is 0 Å². The van der Waals surface area contributed by atoms with Crippen LogP contribution in [-0.4, -0.2) is 27.2 Å². The molecule has 3 rings (SSSR count). The first-order chi connectivity index (χ1) is 12.3. The summed E-state index contributed by atoms with van der Waals surface area (Å²) in [6.45, 7) is 1.56. The number of rotatable bonds is 5. The zero-order valence-electron chi connectivity index (χ0n) is 14.8. The molecule has 0 spiro atoms. The molecule has 2 N–H and O–H groups in total. The minimum atomic E-state index is -3.79. The maximum absolute atomic E-state index is 12.7. The number of methoxy groups -OCH3 is 1. The van der Waals surface area contributed by atoms with E-state index in [-0.39, 0.29) is 11.4 Å². The van der Waals surface area contributed by atoms with Gasteiger partial charge in [0.1, 0.15) is 11.4 Å². The summed E-state index contributed by atoms with van der Waals surface area (Å²) in [5.41, 5.74) is 0.966. The van der Waals surface area contributed by atoms with Gasteiger partial charge in [-0.15, -0.1) is 0 Å². The lowest BCUT2D eigenvalue weighted by atomic mass is 9.79. The van der Waals surface area contributed by atoms with Gasteiger partial charge in [0.2, 0.25) is 10.0 Å². The van der Waals surface area contributed by atoms with Crippen LogP contribution in [0, 0.1) is 6.92 Å². The highest BCUT2D eigenvalue weighted by atomic mass is 35.5. The van der Waals surface area contributed by atoms with Gasteiger partial charge in [0, 0.05) is 11.6 Å². The zero-order chi connectivity index (χ0) is 18.9. The lowest BCUT2D eigenvalue weighted by Crippen LogP contribution is -2.43. The number of sulfonamides is 1. The molecule has 0 heterocycles. The molecule has 0 amide bonds. The smallest absolute Gasteiger partial charge is 0.240 e. The number of nitrogens with one attached hydrogen (secondary N) is 1. The Hall–Kier alpha value is -1.60. The second-order valence-corrected chi connectivity index (χ2v) is 8.74. The van der Waals surface area contributed by atoms with Crippen LogP contribution in [0.15, 0.2) is 41.3 Å². The molecule has 0 saturated carbocycles. The molecule has 0 aromatic heterocycles. The third-order valence-electron chi connectivity index (χ3n) is 4.91. The van der Waals surface area contributed by atoms with Gasteiger partial charge in [0.15, 0.2) is 0 Å². The molecule has 1 unspecified atom stereocenters. The summed E-state index contributed by atoms with van der Waals surface area (Å²) in [7, 11) is -2.19. The number of aliphatic hydroxyl groups is 1. The Morgan fingerprint density at radius 1 is 1.31 bits per heavy atom. The van der Waals surface area contributed by atoms with E-state index in [0.717, 1.165) is 29.7 Å². The molecule has 0 bridgehead atoms. The van der Waals surface area contributed by atoms with E-state index in [1.807, 2.05) is 12.1 Å². The van der Waals surface area contributed by atoms with Gasteiger partial charge in [-0.1, -0.05) is 23.7 Å². The van der Waals surface area contributed by atoms with Gasteiger partial charge in [-0.05, 0) is 67.1 Å². The van der Waals surface area contributed by atoms with Crippen LogP contribution in [-0.2, 0) is 22.0 Å². The Morgan fingerprint density at radius 3 is 2.81 bits per heavy atom. The van der Waals surface area contributed by atoms with Gasteiger partial charge >= 0.3 is 0 Å². The second-order valence-electron chi connectivity index (χ2n) is 6.60. The van der Waals surface area contributed by atoms with Gasteiger partial charge < -0.3 is 9.84 Å². The first-order valence-electron chi connectivity index (χ1n) is 8.41. The first kappa shape index (κ1) is 19.2. The van der Waals surface area contributed by atoms with Crippen molar-refractivity contribution in [3.8, 4) is 5.75 Å². The molecule has 0 saturated heterocycles. The van der Waals surface area contributed by atoms with E-state index in [0.29, 0.717) is 17.0 Å². The molecule has 2 aromatic carbocycles. The number of aryl methyl sites for hydroxylation is 1. The molecule has 5 nitrogen and oxygen atoms in total. The van der Waals surface area contributed by atoms with Crippen molar-refractivity contribution in [3.05, 3.63) is 58.1 Å². The van der Waals surface area contributed by atoms with Crippen LogP contribution in [0.5, 0.6) is 5.75 Å². The molecule has 1 aliphatic carbocycles. The Bertz CT molecular complexity index is 929. The second kappa shape index (κ2) is 7.19. The van der Waals surface area contributed by atoms with E-state index in [2.05, 4.69) is 4.72 Å². The highest BCUT2D eigenvalue weighted by molar-refractivity contribution is 7.89. The molecule has 2 aromatic rings. The third-order valence-corrected chi connectivity index (χ3v) is 6.87. The van der Waals surface area contributed by atoms with Gasteiger partial charge in [0.25, 0.3) is 0 Å². The van der Waals surface area contributed by atoms with Gasteiger partial charge in [0.05, 0.1) is 12.0 Å². The molecule has 140 valence electrons. The Kier molecular flexibility index (Phi) is 5.30. The van der Waals surface area contributed by atoms with Crippen molar-refractivity contribution in [1.29, 1.82) is 0 Å². The average molecular weight is 396 g/mol. The Morgan fingerprint density at radius 2 is 2.08 bits per heavy atom. The summed E-state index contributed by atoms with van der Waals surface area (Å²) in [6, 6.07) is 10.2. The van der Waals surface area contributed by atoms with Crippen LogP contribution in [0.25, 0.3) is 0 Å². The van der Waals surface area contributed by atoms with Crippen LogP contribution < -0.4 is 9.46 Å². The highest BCUT2D eigenvalue weighted by Crippen LogP contribution is 2.37. The molecule has 0 fully saturated rings. The fourth-order valence-electron chi connectivity index (χ4n) is 3.42. The topological polar surface area (TPSA) is 75.6 Å². The number of benzene rings is 2. The molecule has 0 aliphatic heterocycles. The van der Waals surface area contributed by atoms with Gasteiger partial charge in [-0.2, -0.15) is 0 Å². The van der Waals surface area contributed by atoms with E-state index in [9.17, 15) is 13.5 Å². The summed E-state index contributed by atoms with van der Waals surface area (Å²) in [5, 5.41) is 11.5. The number of hydrogen-bond acceptors (Lipinski definition) is 4. The Balaban J connectivity index is 1.87. The molecular weight excluding hydrogens is 374 g/mol. The largest absolute Gasteiger partial charge is 0.497 e. The van der Waals surface area contributed by atoms with E-state index >= 15 is 0 Å². The summed E-state index contributed by atoms with van der Waals surface area (Å²) >= 11 is 6.04. The predicted molar refractivity (Wildman–Crippen MR) is 101 cm³/mol. The quantitative estimate of drug-likeness (QED) is 0.815. The van der Waals surface area contributed by atoms with Crippen molar-refractivity contribution >= 4 is 21.6 Å². The fourth-order valence-corrected chi connectivity index (χ4v) is 5.00. The predicted octanol–water partition coefficient (Wildman–Crippen LogP) is 3.16. The standard InChI is InChI=1S/C19H22ClNO4S/c1-13-17(20)6-3-7-18(13)26(23,24)21-12-19(22)10-4-5-14-11-15(25-2)8-9-16(14)19/h3,6-9,11,21-22H,4-5,10,12H2,1-2H3. The summed E-state index contributed by atoms with van der Waals surface area (Å²) < 4.78 is 33.2. The van der Waals surface area contributed by atoms with E-state index < -0.39 is 15.6 Å². The third kappa shape index (κ3) is 3.60. The Labute approximate surface area is 159 Å². The molecule has 1 aliphatic rings. The van der Waals surface area contributed by atoms with E-state index in [4.69, 9.17) is 16.3 Å². The SMILES string of the molecule is COc1ccc2c(c1)CCCC2(O)CNS(=O)(=O)c1cccc(Cl)c1C. The summed E-state index contributed by atoms with van der Waals surface area (Å²) in [4.78, 5) is 0.124. The maximum Gasteiger partial charge on any atom is 0.240 e. The summed E-state index contributed by atoms with van der Waals surface area (Å²) in [6.07, 6.45) is 2.09. The molecule has 7 heteroatoms. The number of hydrogen-bond donors (Lipinski definition) is 2. The molecule has 0 radical (unpaired) electrons. The highest BCUT2D eigenvalue weighted by Gasteiger charge is 2.36. The molecule has 26 heavy (non-hydrogen) atoms. The van der Waals surface area contributed by atoms with Crippen molar-refractivity contribution in [3.63, 3.8) is 0 Å². The number of halogens is 1. The zero-order valence-corrected chi connectivity index (χ0v) is 16.3. The molecular formula is C19H22ClNO4S. The van der Waals surface area contributed by atoms with Crippen LogP contribution in [0.3, 0.4) is 0 Å². The van der Waals surface area contributed by atoms with Crippen molar-refractivity contribution < 1.29 is 18.3 Å². The summed E-state index contributed by atoms with van der Waals surface area (Å²) in [5.74, 6) is 0.725. The maximum atomic E-state index is 12.7. The first-order valence-corrected chi connectivity index (χ1v) is 10.3. The lowest BCUT2D eigenvalue weighted by Gasteiger charge is -2.35. The fraction of sp³-hybridized carbons (Fsp3) is 0.368. The number of fused-ring (bicyclic) bond motifs is 1. The van der Waals surface area contributed by atoms with Crippen molar-refractivity contribution in [2.75, 3.05) is 13.7 Å². The van der Waals surface area contributed by atoms with Crippen molar-refractivity contribution in [2.45, 2.75) is 36.7 Å². The molecule has 1 atom stereocenters. The minimum absolute atomic E-state index is 0.0966.